The fraction of sp³-hybridized carbons (Fsp3) is 0.368. The third-order valence-electron chi connectivity index (χ3n) is 4.86. The Balaban J connectivity index is 1.59. The zero-order valence-electron chi connectivity index (χ0n) is 15.2. The first-order valence-corrected chi connectivity index (χ1v) is 10.6. The Labute approximate surface area is 158 Å². The maximum absolute atomic E-state index is 13.2. The standard InChI is InChI=1S/C19H22N3O4P/c1-15(26-27(25,20-9-10-20)21-11-12-21)17-7-8-19(22(23)24)18(14-17)13-16-5-3-2-4-6-16/h2-8,14-15H,9-13H2,1H3. The monoisotopic (exact) mass is 387 g/mol. The molecule has 0 amide bonds. The van der Waals surface area contributed by atoms with E-state index in [9.17, 15) is 14.7 Å². The maximum Gasteiger partial charge on any atom is 0.346 e. The molecule has 0 radical (unpaired) electrons. The van der Waals surface area contributed by atoms with Gasteiger partial charge in [-0.05, 0) is 30.2 Å². The van der Waals surface area contributed by atoms with Crippen LogP contribution in [0.2, 0.25) is 0 Å². The molecule has 2 saturated heterocycles. The van der Waals surface area contributed by atoms with Crippen molar-refractivity contribution in [2.24, 2.45) is 0 Å². The highest BCUT2D eigenvalue weighted by atomic mass is 31.2. The smallest absolute Gasteiger partial charge is 0.298 e. The summed E-state index contributed by atoms with van der Waals surface area (Å²) in [5.41, 5.74) is 2.53. The predicted molar refractivity (Wildman–Crippen MR) is 103 cm³/mol. The molecule has 7 nitrogen and oxygen atoms in total. The molecule has 1 unspecified atom stereocenters. The van der Waals surface area contributed by atoms with Crippen molar-refractivity contribution >= 4 is 13.4 Å². The summed E-state index contributed by atoms with van der Waals surface area (Å²) >= 11 is 0. The third-order valence-corrected chi connectivity index (χ3v) is 7.69. The number of nitro groups is 1. The van der Waals surface area contributed by atoms with Crippen LogP contribution in [0.4, 0.5) is 5.69 Å². The molecule has 1 atom stereocenters. The lowest BCUT2D eigenvalue weighted by Gasteiger charge is -2.24. The van der Waals surface area contributed by atoms with Gasteiger partial charge < -0.3 is 0 Å². The Bertz CT molecular complexity index is 881. The van der Waals surface area contributed by atoms with Gasteiger partial charge in [-0.2, -0.15) is 0 Å². The van der Waals surface area contributed by atoms with Crippen LogP contribution in [0, 0.1) is 10.1 Å². The van der Waals surface area contributed by atoms with E-state index in [4.69, 9.17) is 4.52 Å². The average molecular weight is 387 g/mol. The summed E-state index contributed by atoms with van der Waals surface area (Å²) in [6.45, 7) is 5.02. The first-order valence-electron chi connectivity index (χ1n) is 9.08. The topological polar surface area (TPSA) is 75.5 Å². The molecule has 142 valence electrons. The molecule has 27 heavy (non-hydrogen) atoms. The highest BCUT2D eigenvalue weighted by molar-refractivity contribution is 7.54. The Morgan fingerprint density at radius 2 is 1.74 bits per heavy atom. The first kappa shape index (κ1) is 18.3. The number of nitro benzene ring substituents is 1. The number of hydrogen-bond donors (Lipinski definition) is 0. The largest absolute Gasteiger partial charge is 0.346 e. The van der Waals surface area contributed by atoms with Crippen molar-refractivity contribution in [3.63, 3.8) is 0 Å². The molecule has 0 saturated carbocycles. The summed E-state index contributed by atoms with van der Waals surface area (Å²) in [5, 5.41) is 11.4. The van der Waals surface area contributed by atoms with Crippen LogP contribution >= 0.6 is 7.67 Å². The minimum absolute atomic E-state index is 0.0925. The van der Waals surface area contributed by atoms with E-state index in [1.54, 1.807) is 6.07 Å². The summed E-state index contributed by atoms with van der Waals surface area (Å²) in [6, 6.07) is 14.7. The van der Waals surface area contributed by atoms with Crippen LogP contribution in [0.5, 0.6) is 0 Å². The van der Waals surface area contributed by atoms with Crippen molar-refractivity contribution in [2.45, 2.75) is 19.4 Å². The summed E-state index contributed by atoms with van der Waals surface area (Å²) in [6.07, 6.45) is 0.0560. The first-order chi connectivity index (χ1) is 13.0. The van der Waals surface area contributed by atoms with Gasteiger partial charge in [-0.3, -0.25) is 19.2 Å². The molecule has 2 aliphatic heterocycles. The van der Waals surface area contributed by atoms with Crippen molar-refractivity contribution in [3.8, 4) is 0 Å². The van der Waals surface area contributed by atoms with Gasteiger partial charge in [0.25, 0.3) is 5.69 Å². The van der Waals surface area contributed by atoms with Gasteiger partial charge in [0, 0.05) is 44.2 Å². The number of benzene rings is 2. The van der Waals surface area contributed by atoms with E-state index in [-0.39, 0.29) is 10.6 Å². The molecule has 2 fully saturated rings. The minimum atomic E-state index is -2.94. The van der Waals surface area contributed by atoms with Crippen molar-refractivity contribution in [2.75, 3.05) is 26.2 Å². The lowest BCUT2D eigenvalue weighted by molar-refractivity contribution is -0.385. The van der Waals surface area contributed by atoms with Gasteiger partial charge in [0.2, 0.25) is 0 Å². The molecular formula is C19H22N3O4P. The average Bonchev–Trinajstić information content (AvgIpc) is 3.54. The van der Waals surface area contributed by atoms with Gasteiger partial charge in [0.15, 0.2) is 0 Å². The van der Waals surface area contributed by atoms with Crippen molar-refractivity contribution in [1.29, 1.82) is 0 Å². The minimum Gasteiger partial charge on any atom is -0.298 e. The predicted octanol–water partition coefficient (Wildman–Crippen LogP) is 4.00. The maximum atomic E-state index is 13.2. The molecule has 2 aromatic carbocycles. The molecular weight excluding hydrogens is 365 g/mol. The van der Waals surface area contributed by atoms with E-state index in [0.717, 1.165) is 37.3 Å². The van der Waals surface area contributed by atoms with E-state index in [0.29, 0.717) is 12.0 Å². The van der Waals surface area contributed by atoms with Crippen LogP contribution in [-0.4, -0.2) is 40.4 Å². The second-order valence-corrected chi connectivity index (χ2v) is 9.28. The summed E-state index contributed by atoms with van der Waals surface area (Å²) in [4.78, 5) is 11.1. The van der Waals surface area contributed by atoms with Crippen LogP contribution in [0.3, 0.4) is 0 Å². The SMILES string of the molecule is CC(OP(=O)(N1CC1)N1CC1)c1ccc([N+](=O)[O-])c(Cc2ccccc2)c1. The number of hydrogen-bond acceptors (Lipinski definition) is 4. The van der Waals surface area contributed by atoms with Crippen LogP contribution in [0.25, 0.3) is 0 Å². The van der Waals surface area contributed by atoms with Crippen molar-refractivity contribution in [1.82, 2.24) is 9.34 Å². The molecule has 4 rings (SSSR count). The zero-order chi connectivity index (χ0) is 19.0. The third kappa shape index (κ3) is 3.96. The zero-order valence-corrected chi connectivity index (χ0v) is 16.0. The fourth-order valence-corrected chi connectivity index (χ4v) is 5.52. The molecule has 2 aromatic rings. The van der Waals surface area contributed by atoms with Gasteiger partial charge in [0.05, 0.1) is 11.0 Å². The van der Waals surface area contributed by atoms with E-state index < -0.39 is 13.8 Å². The number of rotatable bonds is 8. The van der Waals surface area contributed by atoms with Gasteiger partial charge in [-0.25, -0.2) is 9.34 Å². The van der Waals surface area contributed by atoms with Crippen LogP contribution in [-0.2, 0) is 15.5 Å². The highest BCUT2D eigenvalue weighted by Crippen LogP contribution is 2.63. The quantitative estimate of drug-likeness (QED) is 0.295. The van der Waals surface area contributed by atoms with E-state index in [2.05, 4.69) is 0 Å². The van der Waals surface area contributed by atoms with Gasteiger partial charge in [0.1, 0.15) is 0 Å². The molecule has 2 aliphatic rings. The Hall–Kier alpha value is -2.05. The van der Waals surface area contributed by atoms with Crippen LogP contribution < -0.4 is 0 Å². The summed E-state index contributed by atoms with van der Waals surface area (Å²) in [5.74, 6) is 0. The second-order valence-electron chi connectivity index (χ2n) is 6.95. The summed E-state index contributed by atoms with van der Waals surface area (Å²) < 4.78 is 22.9. The second kappa shape index (κ2) is 7.17. The van der Waals surface area contributed by atoms with Crippen molar-refractivity contribution < 1.29 is 14.0 Å². The lowest BCUT2D eigenvalue weighted by Crippen LogP contribution is -2.11. The van der Waals surface area contributed by atoms with E-state index in [1.165, 1.54) is 6.07 Å². The Morgan fingerprint density at radius 1 is 1.11 bits per heavy atom. The normalized spacial score (nSPS) is 18.3. The fourth-order valence-electron chi connectivity index (χ4n) is 3.17. The molecule has 0 aliphatic carbocycles. The van der Waals surface area contributed by atoms with Crippen LogP contribution in [0.15, 0.2) is 48.5 Å². The van der Waals surface area contributed by atoms with Gasteiger partial charge in [-0.1, -0.05) is 30.3 Å². The highest BCUT2D eigenvalue weighted by Gasteiger charge is 2.50. The molecule has 0 aromatic heterocycles. The van der Waals surface area contributed by atoms with E-state index >= 15 is 0 Å². The number of nitrogens with zero attached hydrogens (tertiary/aromatic N) is 3. The molecule has 0 spiro atoms. The molecule has 8 heteroatoms. The Kier molecular flexibility index (Phi) is 4.86. The molecule has 0 N–H and O–H groups in total. The molecule has 0 bridgehead atoms. The van der Waals surface area contributed by atoms with Crippen LogP contribution in [0.1, 0.15) is 29.7 Å². The van der Waals surface area contributed by atoms with Gasteiger partial charge >= 0.3 is 7.67 Å². The summed E-state index contributed by atoms with van der Waals surface area (Å²) in [7, 11) is -2.94. The van der Waals surface area contributed by atoms with E-state index in [1.807, 2.05) is 52.7 Å². The molecule has 2 heterocycles. The van der Waals surface area contributed by atoms with Crippen molar-refractivity contribution in [3.05, 3.63) is 75.3 Å². The lowest BCUT2D eigenvalue weighted by atomic mass is 9.99. The Morgan fingerprint density at radius 3 is 2.30 bits per heavy atom. The van der Waals surface area contributed by atoms with Gasteiger partial charge in [-0.15, -0.1) is 0 Å².